The quantitative estimate of drug-likeness (QED) is 0.661. The Labute approximate surface area is 102 Å². The van der Waals surface area contributed by atoms with Crippen molar-refractivity contribution in [2.24, 2.45) is 11.3 Å². The van der Waals surface area contributed by atoms with E-state index in [1.54, 1.807) is 13.8 Å². The first-order valence-electron chi connectivity index (χ1n) is 6.17. The van der Waals surface area contributed by atoms with Gasteiger partial charge in [-0.05, 0) is 30.6 Å². The van der Waals surface area contributed by atoms with Gasteiger partial charge in [0.1, 0.15) is 6.04 Å². The van der Waals surface area contributed by atoms with Crippen molar-refractivity contribution in [2.45, 2.75) is 46.1 Å². The van der Waals surface area contributed by atoms with E-state index in [0.717, 1.165) is 19.3 Å². The van der Waals surface area contributed by atoms with Crippen LogP contribution in [0, 0.1) is 11.3 Å². The number of carbonyl (C=O) groups excluding carboxylic acids is 1. The number of hydrogen-bond donors (Lipinski definition) is 3. The van der Waals surface area contributed by atoms with E-state index in [1.807, 2.05) is 0 Å². The summed E-state index contributed by atoms with van der Waals surface area (Å²) in [5.74, 6) is -1.12. The molecule has 0 aromatic rings. The van der Waals surface area contributed by atoms with Crippen molar-refractivity contribution in [1.82, 2.24) is 10.6 Å². The fourth-order valence-electron chi connectivity index (χ4n) is 1.81. The van der Waals surface area contributed by atoms with Gasteiger partial charge in [0.15, 0.2) is 0 Å². The Hall–Kier alpha value is -1.26. The lowest BCUT2D eigenvalue weighted by Gasteiger charge is -2.19. The van der Waals surface area contributed by atoms with Crippen LogP contribution in [0.2, 0.25) is 0 Å². The molecule has 1 atom stereocenters. The van der Waals surface area contributed by atoms with Gasteiger partial charge in [-0.15, -0.1) is 0 Å². The summed E-state index contributed by atoms with van der Waals surface area (Å²) in [4.78, 5) is 22.5. The number of hydrogen-bond acceptors (Lipinski definition) is 2. The second-order valence-corrected chi connectivity index (χ2v) is 5.24. The molecule has 17 heavy (non-hydrogen) atoms. The molecule has 0 saturated heterocycles. The van der Waals surface area contributed by atoms with Gasteiger partial charge < -0.3 is 15.7 Å². The molecular formula is C12H22N2O3. The molecule has 5 heteroatoms. The maximum Gasteiger partial charge on any atom is 0.326 e. The molecule has 2 amide bonds. The molecule has 1 aliphatic carbocycles. The highest BCUT2D eigenvalue weighted by atomic mass is 16.4. The van der Waals surface area contributed by atoms with Crippen molar-refractivity contribution in [2.75, 3.05) is 6.54 Å². The third-order valence-electron chi connectivity index (χ3n) is 3.55. The molecule has 0 heterocycles. The van der Waals surface area contributed by atoms with Gasteiger partial charge in [0.05, 0.1) is 0 Å². The van der Waals surface area contributed by atoms with Crippen LogP contribution in [0.1, 0.15) is 40.0 Å². The van der Waals surface area contributed by atoms with Crippen molar-refractivity contribution in [1.29, 1.82) is 0 Å². The monoisotopic (exact) mass is 242 g/mol. The molecule has 0 aliphatic heterocycles. The highest BCUT2D eigenvalue weighted by Crippen LogP contribution is 2.47. The lowest BCUT2D eigenvalue weighted by atomic mass is 10.0. The van der Waals surface area contributed by atoms with Crippen LogP contribution in [0.25, 0.3) is 0 Å². The van der Waals surface area contributed by atoms with Crippen molar-refractivity contribution in [3.05, 3.63) is 0 Å². The van der Waals surface area contributed by atoms with Gasteiger partial charge in [0.2, 0.25) is 0 Å². The van der Waals surface area contributed by atoms with Crippen LogP contribution in [-0.2, 0) is 4.79 Å². The first-order chi connectivity index (χ1) is 7.90. The Bertz CT molecular complexity index is 298. The number of amides is 2. The van der Waals surface area contributed by atoms with E-state index in [1.165, 1.54) is 0 Å². The molecule has 1 unspecified atom stereocenters. The third kappa shape index (κ3) is 3.91. The van der Waals surface area contributed by atoms with Crippen LogP contribution in [0.15, 0.2) is 0 Å². The van der Waals surface area contributed by atoms with Crippen LogP contribution in [0.3, 0.4) is 0 Å². The molecule has 1 fully saturated rings. The summed E-state index contributed by atoms with van der Waals surface area (Å²) < 4.78 is 0. The van der Waals surface area contributed by atoms with Gasteiger partial charge in [-0.3, -0.25) is 0 Å². The Morgan fingerprint density at radius 3 is 2.29 bits per heavy atom. The number of urea groups is 1. The van der Waals surface area contributed by atoms with Crippen molar-refractivity contribution < 1.29 is 14.7 Å². The smallest absolute Gasteiger partial charge is 0.326 e. The number of carbonyl (C=O) groups is 2. The highest BCUT2D eigenvalue weighted by Gasteiger charge is 2.40. The zero-order valence-electron chi connectivity index (χ0n) is 10.7. The standard InChI is InChI=1S/C12H22N2O3/c1-4-12(5-6-12)7-13-11(17)14-9(8(2)3)10(15)16/h8-9H,4-7H2,1-3H3,(H,15,16)(H2,13,14,17). The van der Waals surface area contributed by atoms with Gasteiger partial charge in [-0.2, -0.15) is 0 Å². The van der Waals surface area contributed by atoms with Crippen LogP contribution >= 0.6 is 0 Å². The normalized spacial score (nSPS) is 18.6. The van der Waals surface area contributed by atoms with Gasteiger partial charge in [0.25, 0.3) is 0 Å². The average Bonchev–Trinajstić information content (AvgIpc) is 3.03. The summed E-state index contributed by atoms with van der Waals surface area (Å²) in [6, 6.07) is -1.21. The summed E-state index contributed by atoms with van der Waals surface area (Å²) in [6.07, 6.45) is 3.35. The first kappa shape index (κ1) is 13.8. The van der Waals surface area contributed by atoms with E-state index in [9.17, 15) is 9.59 Å². The van der Waals surface area contributed by atoms with E-state index in [-0.39, 0.29) is 17.4 Å². The molecule has 0 bridgehead atoms. The Morgan fingerprint density at radius 1 is 1.35 bits per heavy atom. The summed E-state index contributed by atoms with van der Waals surface area (Å²) in [5.41, 5.74) is 0.272. The van der Waals surface area contributed by atoms with Gasteiger partial charge >= 0.3 is 12.0 Å². The molecule has 98 valence electrons. The minimum atomic E-state index is -0.994. The van der Waals surface area contributed by atoms with E-state index < -0.39 is 12.0 Å². The van der Waals surface area contributed by atoms with Crippen molar-refractivity contribution >= 4 is 12.0 Å². The third-order valence-corrected chi connectivity index (χ3v) is 3.55. The maximum atomic E-state index is 11.6. The topological polar surface area (TPSA) is 78.4 Å². The van der Waals surface area contributed by atoms with E-state index in [4.69, 9.17) is 5.11 Å². The van der Waals surface area contributed by atoms with Gasteiger partial charge in [0, 0.05) is 6.54 Å². The molecular weight excluding hydrogens is 220 g/mol. The van der Waals surface area contributed by atoms with E-state index in [0.29, 0.717) is 6.54 Å². The predicted molar refractivity (Wildman–Crippen MR) is 64.8 cm³/mol. The van der Waals surface area contributed by atoms with Crippen LogP contribution in [0.4, 0.5) is 4.79 Å². The predicted octanol–water partition coefficient (Wildman–Crippen LogP) is 1.58. The number of carboxylic acid groups (broad SMARTS) is 1. The lowest BCUT2D eigenvalue weighted by molar-refractivity contribution is -0.140. The largest absolute Gasteiger partial charge is 0.480 e. The first-order valence-corrected chi connectivity index (χ1v) is 6.17. The summed E-state index contributed by atoms with van der Waals surface area (Å²) in [7, 11) is 0. The Kier molecular flexibility index (Phi) is 4.37. The molecule has 3 N–H and O–H groups in total. The van der Waals surface area contributed by atoms with E-state index >= 15 is 0 Å². The fraction of sp³-hybridized carbons (Fsp3) is 0.833. The molecule has 0 spiro atoms. The lowest BCUT2D eigenvalue weighted by Crippen LogP contribution is -2.49. The van der Waals surface area contributed by atoms with Gasteiger partial charge in [-0.1, -0.05) is 20.8 Å². The SMILES string of the molecule is CCC1(CNC(=O)NC(C(=O)O)C(C)C)CC1. The van der Waals surface area contributed by atoms with Crippen LogP contribution in [0.5, 0.6) is 0 Å². The number of nitrogens with one attached hydrogen (secondary N) is 2. The molecule has 0 aromatic heterocycles. The Balaban J connectivity index is 2.35. The number of carboxylic acids is 1. The Morgan fingerprint density at radius 2 is 1.94 bits per heavy atom. The number of aliphatic carboxylic acids is 1. The molecule has 1 aliphatic rings. The second-order valence-electron chi connectivity index (χ2n) is 5.24. The van der Waals surface area contributed by atoms with E-state index in [2.05, 4.69) is 17.6 Å². The zero-order valence-corrected chi connectivity index (χ0v) is 10.7. The van der Waals surface area contributed by atoms with Gasteiger partial charge in [-0.25, -0.2) is 9.59 Å². The zero-order chi connectivity index (χ0) is 13.1. The molecule has 1 saturated carbocycles. The minimum absolute atomic E-state index is 0.126. The summed E-state index contributed by atoms with van der Waals surface area (Å²) in [5, 5.41) is 14.2. The van der Waals surface area contributed by atoms with Crippen LogP contribution in [-0.4, -0.2) is 29.7 Å². The maximum absolute atomic E-state index is 11.6. The average molecular weight is 242 g/mol. The minimum Gasteiger partial charge on any atom is -0.480 e. The van der Waals surface area contributed by atoms with Crippen molar-refractivity contribution in [3.8, 4) is 0 Å². The summed E-state index contributed by atoms with van der Waals surface area (Å²) in [6.45, 7) is 6.29. The second kappa shape index (κ2) is 5.38. The highest BCUT2D eigenvalue weighted by molar-refractivity contribution is 5.82. The molecule has 0 radical (unpaired) electrons. The van der Waals surface area contributed by atoms with Crippen LogP contribution < -0.4 is 10.6 Å². The molecule has 5 nitrogen and oxygen atoms in total. The molecule has 0 aromatic carbocycles. The fourth-order valence-corrected chi connectivity index (χ4v) is 1.81. The molecule has 1 rings (SSSR count). The summed E-state index contributed by atoms with van der Waals surface area (Å²) >= 11 is 0. The number of rotatable bonds is 6. The van der Waals surface area contributed by atoms with Crippen molar-refractivity contribution in [3.63, 3.8) is 0 Å².